The average molecular weight is 461 g/mol. The van der Waals surface area contributed by atoms with E-state index in [2.05, 4.69) is 10.2 Å². The first-order chi connectivity index (χ1) is 15.1. The maximum Gasteiger partial charge on any atom is 0.407 e. The molecule has 174 valence electrons. The molecular weight excluding hydrogens is 428 g/mol. The normalized spacial score (nSPS) is 23.6. The first-order valence-corrected chi connectivity index (χ1v) is 11.3. The molecule has 0 radical (unpaired) electrons. The summed E-state index contributed by atoms with van der Waals surface area (Å²) in [7, 11) is 1.95. The zero-order chi connectivity index (χ0) is 23.3. The maximum absolute atomic E-state index is 12.5. The summed E-state index contributed by atoms with van der Waals surface area (Å²) in [6.07, 6.45) is -0.570. The van der Waals surface area contributed by atoms with Crippen molar-refractivity contribution in [1.82, 2.24) is 10.2 Å². The Morgan fingerprint density at radius 3 is 2.44 bits per heavy atom. The molecule has 0 bridgehead atoms. The Bertz CT molecular complexity index is 887. The number of aliphatic hydroxyl groups excluding tert-OH is 1. The van der Waals surface area contributed by atoms with E-state index in [-0.39, 0.29) is 12.1 Å². The second-order valence-electron chi connectivity index (χ2n) is 9.30. The summed E-state index contributed by atoms with van der Waals surface area (Å²) < 4.78 is 11.6. The summed E-state index contributed by atoms with van der Waals surface area (Å²) in [5, 5.41) is 14.8. The van der Waals surface area contributed by atoms with E-state index < -0.39 is 23.9 Å². The summed E-state index contributed by atoms with van der Waals surface area (Å²) in [5.41, 5.74) is 0.519. The zero-order valence-electron chi connectivity index (χ0n) is 19.1. The smallest absolute Gasteiger partial charge is 0.407 e. The SMILES string of the molecule is CN(Cc1ccccc1)[C@@H]1[C@@H](O)[C@H](Oc2ccccc2Cl)CC[C@H]1NC(=O)OC(C)(C)C. The molecule has 1 fully saturated rings. The van der Waals surface area contributed by atoms with Crippen molar-refractivity contribution >= 4 is 17.7 Å². The Balaban J connectivity index is 1.79. The van der Waals surface area contributed by atoms with Crippen LogP contribution >= 0.6 is 11.6 Å². The topological polar surface area (TPSA) is 71.0 Å². The van der Waals surface area contributed by atoms with Crippen molar-refractivity contribution in [2.24, 2.45) is 0 Å². The van der Waals surface area contributed by atoms with E-state index in [1.165, 1.54) is 0 Å². The number of alkyl carbamates (subject to hydrolysis) is 1. The first kappa shape index (κ1) is 24.4. The molecule has 0 unspecified atom stereocenters. The van der Waals surface area contributed by atoms with Gasteiger partial charge in [-0.05, 0) is 58.4 Å². The Morgan fingerprint density at radius 1 is 1.12 bits per heavy atom. The minimum atomic E-state index is -0.839. The molecule has 2 aromatic carbocycles. The summed E-state index contributed by atoms with van der Waals surface area (Å²) in [6, 6.07) is 16.6. The standard InChI is InChI=1S/C25H33ClN2O4/c1-25(2,3)32-24(30)27-19-14-15-21(31-20-13-9-8-12-18(20)26)23(29)22(19)28(4)16-17-10-6-5-7-11-17/h5-13,19,21-23,29H,14-16H2,1-4H3,(H,27,30)/t19-,21-,22+,23+/m1/s1. The van der Waals surface area contributed by atoms with Crippen LogP contribution in [0.1, 0.15) is 39.2 Å². The molecule has 0 aromatic heterocycles. The number of hydrogen-bond acceptors (Lipinski definition) is 5. The van der Waals surface area contributed by atoms with Crippen LogP contribution < -0.4 is 10.1 Å². The minimum absolute atomic E-state index is 0.292. The van der Waals surface area contributed by atoms with Crippen LogP contribution in [0.3, 0.4) is 0 Å². The van der Waals surface area contributed by atoms with Gasteiger partial charge >= 0.3 is 6.09 Å². The number of hydrogen-bond donors (Lipinski definition) is 2. The zero-order valence-corrected chi connectivity index (χ0v) is 19.9. The van der Waals surface area contributed by atoms with Gasteiger partial charge in [-0.1, -0.05) is 54.1 Å². The van der Waals surface area contributed by atoms with Gasteiger partial charge in [-0.25, -0.2) is 4.79 Å². The number of carbonyl (C=O) groups excluding carboxylic acids is 1. The Morgan fingerprint density at radius 2 is 1.78 bits per heavy atom. The van der Waals surface area contributed by atoms with Gasteiger partial charge in [0.15, 0.2) is 0 Å². The third-order valence-electron chi connectivity index (χ3n) is 5.51. The maximum atomic E-state index is 12.5. The molecule has 1 aliphatic carbocycles. The molecular formula is C25H33ClN2O4. The molecule has 0 aliphatic heterocycles. The van der Waals surface area contributed by atoms with Gasteiger partial charge in [0, 0.05) is 6.54 Å². The van der Waals surface area contributed by atoms with Gasteiger partial charge in [0.1, 0.15) is 23.6 Å². The molecule has 0 saturated heterocycles. The molecule has 6 nitrogen and oxygen atoms in total. The van der Waals surface area contributed by atoms with Crippen LogP contribution in [-0.4, -0.2) is 53.0 Å². The van der Waals surface area contributed by atoms with Gasteiger partial charge in [-0.3, -0.25) is 4.90 Å². The number of halogens is 1. The van der Waals surface area contributed by atoms with Crippen molar-refractivity contribution in [2.75, 3.05) is 7.05 Å². The number of carbonyl (C=O) groups is 1. The molecule has 7 heteroatoms. The highest BCUT2D eigenvalue weighted by molar-refractivity contribution is 6.32. The van der Waals surface area contributed by atoms with Crippen LogP contribution in [0, 0.1) is 0 Å². The lowest BCUT2D eigenvalue weighted by molar-refractivity contribution is -0.0631. The lowest BCUT2D eigenvalue weighted by Gasteiger charge is -2.44. The van der Waals surface area contributed by atoms with Gasteiger partial charge in [0.05, 0.1) is 17.1 Å². The van der Waals surface area contributed by atoms with Gasteiger partial charge in [-0.15, -0.1) is 0 Å². The fraction of sp³-hybridized carbons (Fsp3) is 0.480. The third-order valence-corrected chi connectivity index (χ3v) is 5.82. The number of likely N-dealkylation sites (N-methyl/N-ethyl adjacent to an activating group) is 1. The number of benzene rings is 2. The van der Waals surface area contributed by atoms with Crippen molar-refractivity contribution in [2.45, 2.75) is 70.1 Å². The third kappa shape index (κ3) is 6.61. The van der Waals surface area contributed by atoms with Crippen molar-refractivity contribution in [1.29, 1.82) is 0 Å². The van der Waals surface area contributed by atoms with Crippen LogP contribution in [0.15, 0.2) is 54.6 Å². The molecule has 1 saturated carbocycles. The molecule has 1 aliphatic rings. The Labute approximate surface area is 195 Å². The fourth-order valence-electron chi connectivity index (χ4n) is 4.14. The predicted molar refractivity (Wildman–Crippen MR) is 126 cm³/mol. The van der Waals surface area contributed by atoms with Gasteiger partial charge in [0.2, 0.25) is 0 Å². The highest BCUT2D eigenvalue weighted by Crippen LogP contribution is 2.31. The highest BCUT2D eigenvalue weighted by Gasteiger charge is 2.43. The van der Waals surface area contributed by atoms with Gasteiger partial charge in [-0.2, -0.15) is 0 Å². The van der Waals surface area contributed by atoms with E-state index in [1.54, 1.807) is 12.1 Å². The van der Waals surface area contributed by atoms with Crippen LogP contribution in [0.2, 0.25) is 5.02 Å². The lowest BCUT2D eigenvalue weighted by Crippen LogP contribution is -2.63. The van der Waals surface area contributed by atoms with Gasteiger partial charge < -0.3 is 19.9 Å². The molecule has 2 N–H and O–H groups in total. The van der Waals surface area contributed by atoms with Crippen molar-refractivity contribution in [3.63, 3.8) is 0 Å². The molecule has 2 aromatic rings. The van der Waals surface area contributed by atoms with Crippen molar-refractivity contribution in [3.8, 4) is 5.75 Å². The molecule has 3 rings (SSSR count). The number of aliphatic hydroxyl groups is 1. The molecule has 4 atom stereocenters. The van der Waals surface area contributed by atoms with Gasteiger partial charge in [0.25, 0.3) is 0 Å². The second-order valence-corrected chi connectivity index (χ2v) is 9.71. The number of para-hydroxylation sites is 1. The van der Waals surface area contributed by atoms with Crippen molar-refractivity contribution < 1.29 is 19.4 Å². The summed E-state index contributed by atoms with van der Waals surface area (Å²) in [6.45, 7) is 6.10. The van der Waals surface area contributed by atoms with Crippen LogP contribution in [0.5, 0.6) is 5.75 Å². The van der Waals surface area contributed by atoms with E-state index in [0.29, 0.717) is 30.2 Å². The molecule has 1 amide bonds. The number of nitrogens with zero attached hydrogens (tertiary/aromatic N) is 1. The van der Waals surface area contributed by atoms with Crippen LogP contribution in [-0.2, 0) is 11.3 Å². The summed E-state index contributed by atoms with van der Waals surface area (Å²) in [5.74, 6) is 0.543. The van der Waals surface area contributed by atoms with E-state index in [0.717, 1.165) is 5.56 Å². The summed E-state index contributed by atoms with van der Waals surface area (Å²) in [4.78, 5) is 14.6. The molecule has 32 heavy (non-hydrogen) atoms. The fourth-order valence-corrected chi connectivity index (χ4v) is 4.32. The number of nitrogens with one attached hydrogen (secondary N) is 1. The number of amides is 1. The second kappa shape index (κ2) is 10.6. The largest absolute Gasteiger partial charge is 0.486 e. The van der Waals surface area contributed by atoms with E-state index >= 15 is 0 Å². The first-order valence-electron chi connectivity index (χ1n) is 11.0. The quantitative estimate of drug-likeness (QED) is 0.657. The summed E-state index contributed by atoms with van der Waals surface area (Å²) >= 11 is 6.27. The number of rotatable bonds is 6. The van der Waals surface area contributed by atoms with Crippen LogP contribution in [0.4, 0.5) is 4.79 Å². The Kier molecular flexibility index (Phi) is 8.04. The minimum Gasteiger partial charge on any atom is -0.486 e. The lowest BCUT2D eigenvalue weighted by atomic mass is 9.84. The Hall–Kier alpha value is -2.28. The predicted octanol–water partition coefficient (Wildman–Crippen LogP) is 4.64. The molecule has 0 spiro atoms. The highest BCUT2D eigenvalue weighted by atomic mass is 35.5. The molecule has 0 heterocycles. The van der Waals surface area contributed by atoms with E-state index in [9.17, 15) is 9.90 Å². The number of ether oxygens (including phenoxy) is 2. The monoisotopic (exact) mass is 460 g/mol. The van der Waals surface area contributed by atoms with E-state index in [4.69, 9.17) is 21.1 Å². The van der Waals surface area contributed by atoms with Crippen molar-refractivity contribution in [3.05, 3.63) is 65.2 Å². The average Bonchev–Trinajstić information content (AvgIpc) is 2.71. The van der Waals surface area contributed by atoms with Crippen LogP contribution in [0.25, 0.3) is 0 Å². The van der Waals surface area contributed by atoms with E-state index in [1.807, 2.05) is 70.3 Å².